The number of likely N-dealkylation sites (tertiary alicyclic amines) is 1. The van der Waals surface area contributed by atoms with Gasteiger partial charge in [0.15, 0.2) is 0 Å². The molecule has 2 fully saturated rings. The molecule has 0 spiro atoms. The summed E-state index contributed by atoms with van der Waals surface area (Å²) < 4.78 is 0. The molecule has 2 heterocycles. The van der Waals surface area contributed by atoms with E-state index in [1.807, 2.05) is 12.1 Å². The maximum absolute atomic E-state index is 10.8. The zero-order valence-corrected chi connectivity index (χ0v) is 13.0. The number of nitrogens with two attached hydrogens (primary N) is 1. The minimum absolute atomic E-state index is 0.497. The fourth-order valence-corrected chi connectivity index (χ4v) is 3.71. The van der Waals surface area contributed by atoms with Gasteiger partial charge in [-0.05, 0) is 69.5 Å². The highest BCUT2D eigenvalue weighted by atomic mass is 16.3. The molecule has 4 nitrogen and oxygen atoms in total. The molecule has 2 aliphatic rings. The third kappa shape index (κ3) is 3.33. The third-order valence-electron chi connectivity index (χ3n) is 4.97. The van der Waals surface area contributed by atoms with Crippen molar-refractivity contribution in [3.63, 3.8) is 0 Å². The van der Waals surface area contributed by atoms with Crippen LogP contribution in [-0.4, -0.2) is 48.3 Å². The molecule has 3 N–H and O–H groups in total. The Balaban J connectivity index is 1.61. The van der Waals surface area contributed by atoms with Crippen molar-refractivity contribution in [2.45, 2.75) is 38.2 Å². The minimum Gasteiger partial charge on any atom is -0.399 e. The number of piperidine rings is 1. The van der Waals surface area contributed by atoms with Gasteiger partial charge in [-0.15, -0.1) is 0 Å². The van der Waals surface area contributed by atoms with Crippen molar-refractivity contribution in [2.24, 2.45) is 0 Å². The number of aliphatic hydroxyl groups is 1. The number of nitrogens with zero attached hydrogens (tertiary/aromatic N) is 2. The average molecular weight is 289 g/mol. The summed E-state index contributed by atoms with van der Waals surface area (Å²) in [6.45, 7) is 7.12. The lowest BCUT2D eigenvalue weighted by molar-refractivity contribution is -0.0111. The molecule has 3 rings (SSSR count). The molecule has 4 heteroatoms. The van der Waals surface area contributed by atoms with E-state index in [-0.39, 0.29) is 0 Å². The molecule has 1 aromatic rings. The summed E-state index contributed by atoms with van der Waals surface area (Å²) in [6.07, 6.45) is 4.28. The van der Waals surface area contributed by atoms with Crippen molar-refractivity contribution in [3.8, 4) is 0 Å². The first-order chi connectivity index (χ1) is 10.1. The Morgan fingerprint density at radius 3 is 2.43 bits per heavy atom. The van der Waals surface area contributed by atoms with Crippen molar-refractivity contribution in [1.82, 2.24) is 4.90 Å². The van der Waals surface area contributed by atoms with Crippen molar-refractivity contribution in [2.75, 3.05) is 43.4 Å². The molecule has 0 atom stereocenters. The molecular formula is C17H27N3O. The molecule has 2 saturated heterocycles. The van der Waals surface area contributed by atoms with Gasteiger partial charge in [0.1, 0.15) is 0 Å². The van der Waals surface area contributed by atoms with Crippen molar-refractivity contribution in [3.05, 3.63) is 23.8 Å². The van der Waals surface area contributed by atoms with E-state index in [2.05, 4.69) is 22.8 Å². The number of nitrogen functional groups attached to an aromatic ring is 1. The summed E-state index contributed by atoms with van der Waals surface area (Å²) >= 11 is 0. The van der Waals surface area contributed by atoms with Gasteiger partial charge in [-0.3, -0.25) is 0 Å². The first-order valence-electron chi connectivity index (χ1n) is 8.12. The summed E-state index contributed by atoms with van der Waals surface area (Å²) in [7, 11) is 0. The van der Waals surface area contributed by atoms with Crippen LogP contribution in [0.15, 0.2) is 18.2 Å². The topological polar surface area (TPSA) is 52.7 Å². The monoisotopic (exact) mass is 289 g/mol. The lowest BCUT2D eigenvalue weighted by atomic mass is 9.90. The number of anilines is 2. The van der Waals surface area contributed by atoms with Crippen LogP contribution in [-0.2, 0) is 0 Å². The van der Waals surface area contributed by atoms with Crippen LogP contribution in [0.1, 0.15) is 31.2 Å². The van der Waals surface area contributed by atoms with Gasteiger partial charge in [0.25, 0.3) is 0 Å². The van der Waals surface area contributed by atoms with Crippen LogP contribution < -0.4 is 10.6 Å². The fourth-order valence-electron chi connectivity index (χ4n) is 3.71. The Morgan fingerprint density at radius 1 is 1.14 bits per heavy atom. The highest BCUT2D eigenvalue weighted by molar-refractivity contribution is 5.59. The maximum Gasteiger partial charge on any atom is 0.0807 e. The van der Waals surface area contributed by atoms with Crippen molar-refractivity contribution < 1.29 is 5.11 Å². The third-order valence-corrected chi connectivity index (χ3v) is 4.97. The van der Waals surface area contributed by atoms with E-state index in [4.69, 9.17) is 5.73 Å². The Kier molecular flexibility index (Phi) is 4.09. The first kappa shape index (κ1) is 14.7. The molecule has 0 amide bonds. The van der Waals surface area contributed by atoms with E-state index < -0.39 is 5.60 Å². The van der Waals surface area contributed by atoms with Gasteiger partial charge in [-0.2, -0.15) is 0 Å². The molecule has 21 heavy (non-hydrogen) atoms. The van der Waals surface area contributed by atoms with Crippen LogP contribution in [0, 0.1) is 6.92 Å². The summed E-state index contributed by atoms with van der Waals surface area (Å²) in [5.74, 6) is 0. The Hall–Kier alpha value is -1.26. The number of benzene rings is 1. The molecule has 0 bridgehead atoms. The summed E-state index contributed by atoms with van der Waals surface area (Å²) in [6, 6.07) is 6.10. The van der Waals surface area contributed by atoms with Crippen molar-refractivity contribution >= 4 is 11.4 Å². The number of rotatable bonds is 3. The Morgan fingerprint density at radius 2 is 1.81 bits per heavy atom. The van der Waals surface area contributed by atoms with E-state index in [9.17, 15) is 5.11 Å². The van der Waals surface area contributed by atoms with Gasteiger partial charge in [0, 0.05) is 31.0 Å². The van der Waals surface area contributed by atoms with E-state index >= 15 is 0 Å². The smallest absolute Gasteiger partial charge is 0.0807 e. The van der Waals surface area contributed by atoms with Gasteiger partial charge < -0.3 is 20.6 Å². The quantitative estimate of drug-likeness (QED) is 0.836. The van der Waals surface area contributed by atoms with Crippen LogP contribution in [0.2, 0.25) is 0 Å². The lowest BCUT2D eigenvalue weighted by Gasteiger charge is -2.41. The number of hydrogen-bond acceptors (Lipinski definition) is 4. The normalized spacial score (nSPS) is 22.7. The Labute approximate surface area is 127 Å². The maximum atomic E-state index is 10.8. The zero-order valence-electron chi connectivity index (χ0n) is 13.0. The van der Waals surface area contributed by atoms with Gasteiger partial charge >= 0.3 is 0 Å². The largest absolute Gasteiger partial charge is 0.399 e. The van der Waals surface area contributed by atoms with Crippen LogP contribution in [0.4, 0.5) is 11.4 Å². The predicted octanol–water partition coefficient (Wildman–Crippen LogP) is 2.00. The highest BCUT2D eigenvalue weighted by Crippen LogP contribution is 2.30. The molecule has 0 radical (unpaired) electrons. The summed E-state index contributed by atoms with van der Waals surface area (Å²) in [5.41, 5.74) is 8.63. The second-order valence-electron chi connectivity index (χ2n) is 6.74. The van der Waals surface area contributed by atoms with Gasteiger partial charge in [-0.25, -0.2) is 0 Å². The molecule has 1 aromatic carbocycles. The van der Waals surface area contributed by atoms with E-state index in [0.717, 1.165) is 51.3 Å². The number of aryl methyl sites for hydroxylation is 1. The molecule has 116 valence electrons. The molecule has 0 saturated carbocycles. The molecular weight excluding hydrogens is 262 g/mol. The zero-order chi connectivity index (χ0) is 14.9. The summed E-state index contributed by atoms with van der Waals surface area (Å²) in [5, 5.41) is 10.8. The second-order valence-corrected chi connectivity index (χ2v) is 6.74. The SMILES string of the molecule is Cc1cc(N)ccc1N1CCC(O)(CN2CCCC2)CC1. The van der Waals surface area contributed by atoms with Crippen LogP contribution in [0.25, 0.3) is 0 Å². The van der Waals surface area contributed by atoms with Crippen LogP contribution in [0.3, 0.4) is 0 Å². The minimum atomic E-state index is -0.497. The van der Waals surface area contributed by atoms with Crippen LogP contribution in [0.5, 0.6) is 0 Å². The summed E-state index contributed by atoms with van der Waals surface area (Å²) in [4.78, 5) is 4.80. The first-order valence-corrected chi connectivity index (χ1v) is 8.12. The van der Waals surface area contributed by atoms with Gasteiger partial charge in [-0.1, -0.05) is 0 Å². The van der Waals surface area contributed by atoms with Gasteiger partial charge in [0.05, 0.1) is 5.60 Å². The van der Waals surface area contributed by atoms with Gasteiger partial charge in [0.2, 0.25) is 0 Å². The molecule has 0 aliphatic carbocycles. The van der Waals surface area contributed by atoms with E-state index in [0.29, 0.717) is 0 Å². The Bertz CT molecular complexity index is 489. The van der Waals surface area contributed by atoms with Crippen molar-refractivity contribution in [1.29, 1.82) is 0 Å². The second kappa shape index (κ2) is 5.85. The average Bonchev–Trinajstić information content (AvgIpc) is 2.93. The van der Waals surface area contributed by atoms with E-state index in [1.165, 1.54) is 24.1 Å². The molecule has 2 aliphatic heterocycles. The lowest BCUT2D eigenvalue weighted by Crippen LogP contribution is -2.50. The predicted molar refractivity (Wildman–Crippen MR) is 87.7 cm³/mol. The standard InChI is InChI=1S/C17H27N3O/c1-14-12-15(18)4-5-16(14)20-10-6-17(21,7-11-20)13-19-8-2-3-9-19/h4-5,12,21H,2-3,6-11,13,18H2,1H3. The highest BCUT2D eigenvalue weighted by Gasteiger charge is 2.34. The number of hydrogen-bond donors (Lipinski definition) is 2. The molecule has 0 unspecified atom stereocenters. The molecule has 0 aromatic heterocycles. The number of β-amino-alcohol motifs (C(OH)–C–C–N with tert-alkyl or cyclic N) is 1. The van der Waals surface area contributed by atoms with Crippen LogP contribution >= 0.6 is 0 Å². The fraction of sp³-hybridized carbons (Fsp3) is 0.647. The van der Waals surface area contributed by atoms with E-state index in [1.54, 1.807) is 0 Å².